The number of thioether (sulfide) groups is 1. The van der Waals surface area contributed by atoms with Crippen LogP contribution in [0.1, 0.15) is 22.8 Å². The maximum atomic E-state index is 12.9. The lowest BCUT2D eigenvalue weighted by molar-refractivity contribution is -0.384. The van der Waals surface area contributed by atoms with Gasteiger partial charge in [0.05, 0.1) is 21.7 Å². The molecule has 1 unspecified atom stereocenters. The van der Waals surface area contributed by atoms with Gasteiger partial charge in [-0.25, -0.2) is 4.79 Å². The molecule has 0 radical (unpaired) electrons. The molecule has 0 saturated heterocycles. The highest BCUT2D eigenvalue weighted by Gasteiger charge is 2.27. The summed E-state index contributed by atoms with van der Waals surface area (Å²) >= 11 is 1.51. The molecule has 7 nitrogen and oxygen atoms in total. The first-order chi connectivity index (χ1) is 15.5. The Labute approximate surface area is 186 Å². The number of nitro groups is 1. The van der Waals surface area contributed by atoms with Gasteiger partial charge < -0.3 is 9.52 Å². The van der Waals surface area contributed by atoms with Crippen LogP contribution < -0.4 is 5.63 Å². The van der Waals surface area contributed by atoms with Gasteiger partial charge in [-0.3, -0.25) is 15.1 Å². The van der Waals surface area contributed by atoms with Crippen molar-refractivity contribution in [2.75, 3.05) is 0 Å². The number of nitro benzene ring substituents is 1. The molecule has 32 heavy (non-hydrogen) atoms. The van der Waals surface area contributed by atoms with E-state index in [0.29, 0.717) is 16.8 Å². The van der Waals surface area contributed by atoms with Gasteiger partial charge in [-0.1, -0.05) is 36.4 Å². The Hall–Kier alpha value is -3.91. The Morgan fingerprint density at radius 2 is 1.84 bits per heavy atom. The molecule has 158 valence electrons. The summed E-state index contributed by atoms with van der Waals surface area (Å²) in [7, 11) is 0. The van der Waals surface area contributed by atoms with Gasteiger partial charge in [0.2, 0.25) is 0 Å². The van der Waals surface area contributed by atoms with Crippen molar-refractivity contribution in [3.63, 3.8) is 0 Å². The van der Waals surface area contributed by atoms with E-state index >= 15 is 0 Å². The first-order valence-corrected chi connectivity index (χ1v) is 10.7. The largest absolute Gasteiger partial charge is 0.506 e. The number of hydrogen-bond acceptors (Lipinski definition) is 7. The van der Waals surface area contributed by atoms with Gasteiger partial charge in [0, 0.05) is 28.7 Å². The minimum atomic E-state index is -0.679. The summed E-state index contributed by atoms with van der Waals surface area (Å²) < 4.78 is 5.45. The van der Waals surface area contributed by atoms with Crippen LogP contribution in [0.3, 0.4) is 0 Å². The van der Waals surface area contributed by atoms with Crippen molar-refractivity contribution >= 4 is 39.8 Å². The van der Waals surface area contributed by atoms with Gasteiger partial charge in [0.25, 0.3) is 5.69 Å². The number of fused-ring (bicyclic) bond motifs is 2. The standard InChI is InChI=1S/C24H16N2O5S/c27-23-16-8-1-3-10-19(16)31-24(28)22(23)18-13-21(14-6-5-7-15(12-14)26(29)30)32-20-11-4-2-9-17(20)25-18/h1-12,21,27H,13H2. The zero-order valence-electron chi connectivity index (χ0n) is 16.6. The van der Waals surface area contributed by atoms with Crippen LogP contribution in [0.25, 0.3) is 11.0 Å². The highest BCUT2D eigenvalue weighted by atomic mass is 32.2. The van der Waals surface area contributed by atoms with Crippen LogP contribution in [0.5, 0.6) is 5.75 Å². The molecule has 0 fully saturated rings. The summed E-state index contributed by atoms with van der Waals surface area (Å²) in [5, 5.41) is 22.4. The second-order valence-electron chi connectivity index (χ2n) is 7.30. The molecule has 2 heterocycles. The molecule has 0 amide bonds. The van der Waals surface area contributed by atoms with E-state index in [9.17, 15) is 20.0 Å². The highest BCUT2D eigenvalue weighted by Crippen LogP contribution is 2.46. The molecular weight excluding hydrogens is 428 g/mol. The summed E-state index contributed by atoms with van der Waals surface area (Å²) in [6.45, 7) is 0. The maximum absolute atomic E-state index is 12.9. The molecule has 3 aromatic carbocycles. The van der Waals surface area contributed by atoms with E-state index in [2.05, 4.69) is 0 Å². The average molecular weight is 444 g/mol. The molecule has 1 aliphatic heterocycles. The third-order valence-electron chi connectivity index (χ3n) is 5.30. The molecule has 1 N–H and O–H groups in total. The molecule has 4 aromatic rings. The van der Waals surface area contributed by atoms with E-state index in [1.54, 1.807) is 30.3 Å². The summed E-state index contributed by atoms with van der Waals surface area (Å²) in [5.74, 6) is -0.183. The Bertz CT molecular complexity index is 1460. The minimum Gasteiger partial charge on any atom is -0.506 e. The summed E-state index contributed by atoms with van der Waals surface area (Å²) in [5.41, 5.74) is 1.38. The van der Waals surface area contributed by atoms with Crippen LogP contribution in [-0.4, -0.2) is 15.7 Å². The van der Waals surface area contributed by atoms with Gasteiger partial charge in [-0.05, 0) is 29.8 Å². The predicted octanol–water partition coefficient (Wildman–Crippen LogP) is 5.76. The van der Waals surface area contributed by atoms with Crippen molar-refractivity contribution in [1.82, 2.24) is 0 Å². The number of rotatable bonds is 3. The van der Waals surface area contributed by atoms with Crippen molar-refractivity contribution < 1.29 is 14.4 Å². The monoisotopic (exact) mass is 444 g/mol. The smallest absolute Gasteiger partial charge is 0.349 e. The van der Waals surface area contributed by atoms with E-state index in [1.165, 1.54) is 23.9 Å². The molecule has 1 aromatic heterocycles. The molecule has 0 spiro atoms. The second kappa shape index (κ2) is 7.97. The maximum Gasteiger partial charge on any atom is 0.349 e. The number of para-hydroxylation sites is 2. The summed E-state index contributed by atoms with van der Waals surface area (Å²) in [6, 6.07) is 20.7. The molecule has 0 saturated carbocycles. The molecule has 0 bridgehead atoms. The van der Waals surface area contributed by atoms with Crippen molar-refractivity contribution in [3.8, 4) is 5.75 Å². The van der Waals surface area contributed by atoms with Gasteiger partial charge in [0.15, 0.2) is 0 Å². The van der Waals surface area contributed by atoms with Crippen molar-refractivity contribution in [2.45, 2.75) is 16.6 Å². The van der Waals surface area contributed by atoms with Crippen LogP contribution in [-0.2, 0) is 0 Å². The van der Waals surface area contributed by atoms with Crippen molar-refractivity contribution in [2.24, 2.45) is 4.99 Å². The Morgan fingerprint density at radius 3 is 2.69 bits per heavy atom. The third-order valence-corrected chi connectivity index (χ3v) is 6.62. The fraction of sp³-hybridized carbons (Fsp3) is 0.0833. The normalized spacial score (nSPS) is 15.6. The second-order valence-corrected chi connectivity index (χ2v) is 8.54. The Balaban J connectivity index is 1.69. The fourth-order valence-electron chi connectivity index (χ4n) is 3.78. The Morgan fingerprint density at radius 1 is 1.06 bits per heavy atom. The highest BCUT2D eigenvalue weighted by molar-refractivity contribution is 7.99. The number of benzene rings is 3. The predicted molar refractivity (Wildman–Crippen MR) is 123 cm³/mol. The summed E-state index contributed by atoms with van der Waals surface area (Å²) in [6.07, 6.45) is 0.275. The van der Waals surface area contributed by atoms with E-state index in [0.717, 1.165) is 10.5 Å². The topological polar surface area (TPSA) is 106 Å². The van der Waals surface area contributed by atoms with Crippen LogP contribution in [0, 0.1) is 10.1 Å². The lowest BCUT2D eigenvalue weighted by atomic mass is 10.00. The summed E-state index contributed by atoms with van der Waals surface area (Å²) in [4.78, 5) is 29.3. The SMILES string of the molecule is O=c1oc2ccccc2c(O)c1C1=Nc2ccccc2SC(c2cccc([N+](=O)[O-])c2)C1. The van der Waals surface area contributed by atoms with Crippen molar-refractivity contribution in [3.05, 3.63) is 104 Å². The van der Waals surface area contributed by atoms with E-state index in [4.69, 9.17) is 9.41 Å². The third kappa shape index (κ3) is 3.54. The van der Waals surface area contributed by atoms with E-state index < -0.39 is 10.5 Å². The zero-order chi connectivity index (χ0) is 22.2. The van der Waals surface area contributed by atoms with Gasteiger partial charge >= 0.3 is 5.63 Å². The molecule has 0 aliphatic carbocycles. The van der Waals surface area contributed by atoms with Gasteiger partial charge in [0.1, 0.15) is 16.9 Å². The molecule has 8 heteroatoms. The lowest BCUT2D eigenvalue weighted by Gasteiger charge is -2.16. The molecule has 1 atom stereocenters. The number of aliphatic imine (C=N–C) groups is 1. The Kier molecular flexibility index (Phi) is 4.99. The van der Waals surface area contributed by atoms with Crippen LogP contribution >= 0.6 is 11.8 Å². The average Bonchev–Trinajstić information content (AvgIpc) is 2.99. The molecule has 1 aliphatic rings. The molecule has 5 rings (SSSR count). The van der Waals surface area contributed by atoms with Crippen LogP contribution in [0.4, 0.5) is 11.4 Å². The lowest BCUT2D eigenvalue weighted by Crippen LogP contribution is -2.16. The van der Waals surface area contributed by atoms with Crippen molar-refractivity contribution in [1.29, 1.82) is 0 Å². The number of nitrogens with zero attached hydrogens (tertiary/aromatic N) is 2. The molecular formula is C24H16N2O5S. The van der Waals surface area contributed by atoms with Crippen LogP contribution in [0.15, 0.2) is 91.9 Å². The van der Waals surface area contributed by atoms with Gasteiger partial charge in [-0.15, -0.1) is 11.8 Å². The first kappa shape index (κ1) is 20.0. The fourth-order valence-corrected chi connectivity index (χ4v) is 5.00. The minimum absolute atomic E-state index is 0.00723. The number of hydrogen-bond donors (Lipinski definition) is 1. The van der Waals surface area contributed by atoms with Gasteiger partial charge in [-0.2, -0.15) is 0 Å². The number of aromatic hydroxyl groups is 1. The van der Waals surface area contributed by atoms with E-state index in [1.807, 2.05) is 30.3 Å². The van der Waals surface area contributed by atoms with Crippen LogP contribution in [0.2, 0.25) is 0 Å². The quantitative estimate of drug-likeness (QED) is 0.244. The van der Waals surface area contributed by atoms with E-state index in [-0.39, 0.29) is 34.3 Å². The zero-order valence-corrected chi connectivity index (χ0v) is 17.4. The first-order valence-electron chi connectivity index (χ1n) is 9.84. The number of non-ortho nitro benzene ring substituents is 1.